The van der Waals surface area contributed by atoms with Crippen LogP contribution in [0.3, 0.4) is 0 Å². The van der Waals surface area contributed by atoms with Crippen molar-refractivity contribution in [3.05, 3.63) is 59.7 Å². The smallest absolute Gasteiger partial charge is 0.331 e. The molecule has 6 heteroatoms. The van der Waals surface area contributed by atoms with Crippen molar-refractivity contribution < 1.29 is 28.5 Å². The number of ether oxygens (including phenoxy) is 4. The largest absolute Gasteiger partial charge is 0.494 e. The van der Waals surface area contributed by atoms with Gasteiger partial charge in [0.1, 0.15) is 5.75 Å². The molecule has 2 aromatic carbocycles. The molecule has 0 radical (unpaired) electrons. The van der Waals surface area contributed by atoms with E-state index in [2.05, 4.69) is 0 Å². The first kappa shape index (κ1) is 18.5. The highest BCUT2D eigenvalue weighted by Gasteiger charge is 2.18. The van der Waals surface area contributed by atoms with E-state index in [0.29, 0.717) is 29.4 Å². The number of hydrogen-bond acceptors (Lipinski definition) is 6. The predicted molar refractivity (Wildman–Crippen MR) is 99.1 cm³/mol. The number of esters is 1. The van der Waals surface area contributed by atoms with Crippen molar-refractivity contribution in [3.63, 3.8) is 0 Å². The first-order chi connectivity index (χ1) is 13.1. The van der Waals surface area contributed by atoms with Crippen LogP contribution >= 0.6 is 0 Å². The van der Waals surface area contributed by atoms with Crippen molar-refractivity contribution in [1.29, 1.82) is 0 Å². The average Bonchev–Trinajstić information content (AvgIpc) is 3.14. The van der Waals surface area contributed by atoms with Gasteiger partial charge in [0.2, 0.25) is 12.6 Å². The molecule has 6 nitrogen and oxygen atoms in total. The second kappa shape index (κ2) is 8.40. The molecule has 27 heavy (non-hydrogen) atoms. The van der Waals surface area contributed by atoms with E-state index >= 15 is 0 Å². The van der Waals surface area contributed by atoms with E-state index in [-0.39, 0.29) is 12.6 Å². The quantitative estimate of drug-likeness (QED) is 0.422. The van der Waals surface area contributed by atoms with Gasteiger partial charge in [0.25, 0.3) is 0 Å². The summed E-state index contributed by atoms with van der Waals surface area (Å²) in [4.78, 5) is 24.4. The summed E-state index contributed by atoms with van der Waals surface area (Å²) in [6.07, 6.45) is 1.98. The van der Waals surface area contributed by atoms with Crippen LogP contribution in [0.1, 0.15) is 29.8 Å². The van der Waals surface area contributed by atoms with Crippen molar-refractivity contribution in [2.75, 3.05) is 13.4 Å². The molecule has 0 N–H and O–H groups in total. The van der Waals surface area contributed by atoms with Crippen molar-refractivity contribution in [3.8, 4) is 17.2 Å². The predicted octanol–water partition coefficient (Wildman–Crippen LogP) is 3.64. The van der Waals surface area contributed by atoms with Crippen LogP contribution in [0, 0.1) is 0 Å². The lowest BCUT2D eigenvalue weighted by molar-refractivity contribution is -0.140. The molecule has 0 amide bonds. The fourth-order valence-corrected chi connectivity index (χ4v) is 2.56. The minimum absolute atomic E-state index is 0.190. The first-order valence-corrected chi connectivity index (χ1v) is 8.62. The molecule has 2 aromatic rings. The Morgan fingerprint density at radius 1 is 1.11 bits per heavy atom. The summed E-state index contributed by atoms with van der Waals surface area (Å²) in [5.41, 5.74) is 1.22. The van der Waals surface area contributed by atoms with Gasteiger partial charge in [0, 0.05) is 11.6 Å². The number of carbonyl (C=O) groups is 2. The number of benzene rings is 2. The summed E-state index contributed by atoms with van der Waals surface area (Å²) in [7, 11) is 0. The lowest BCUT2D eigenvalue weighted by atomic mass is 10.1. The van der Waals surface area contributed by atoms with Crippen LogP contribution in [0.2, 0.25) is 0 Å². The number of fused-ring (bicyclic) bond motifs is 1. The number of ketones is 1. The highest BCUT2D eigenvalue weighted by Crippen LogP contribution is 2.32. The topological polar surface area (TPSA) is 71.1 Å². The minimum atomic E-state index is -0.892. The molecule has 0 aromatic heterocycles. The number of carbonyl (C=O) groups excluding carboxylic acids is 2. The molecule has 1 atom stereocenters. The van der Waals surface area contributed by atoms with E-state index in [0.717, 1.165) is 5.56 Å². The molecule has 3 rings (SSSR count). The van der Waals surface area contributed by atoms with Gasteiger partial charge in [-0.2, -0.15) is 0 Å². The zero-order chi connectivity index (χ0) is 19.2. The highest BCUT2D eigenvalue weighted by molar-refractivity contribution is 6.01. The third-order valence-electron chi connectivity index (χ3n) is 3.92. The third-order valence-corrected chi connectivity index (χ3v) is 3.92. The summed E-state index contributed by atoms with van der Waals surface area (Å²) < 4.78 is 21.1. The molecule has 140 valence electrons. The Labute approximate surface area is 157 Å². The minimum Gasteiger partial charge on any atom is -0.494 e. The summed E-state index contributed by atoms with van der Waals surface area (Å²) >= 11 is 0. The maximum absolute atomic E-state index is 12.4. The molecule has 0 unspecified atom stereocenters. The number of hydrogen-bond donors (Lipinski definition) is 0. The van der Waals surface area contributed by atoms with Gasteiger partial charge in [0.05, 0.1) is 6.61 Å². The van der Waals surface area contributed by atoms with Crippen LogP contribution in [-0.2, 0) is 9.53 Å². The van der Waals surface area contributed by atoms with Crippen LogP contribution in [-0.4, -0.2) is 31.3 Å². The van der Waals surface area contributed by atoms with Gasteiger partial charge in [-0.25, -0.2) is 4.79 Å². The zero-order valence-electron chi connectivity index (χ0n) is 15.1. The molecule has 1 aliphatic heterocycles. The van der Waals surface area contributed by atoms with Gasteiger partial charge < -0.3 is 18.9 Å². The Balaban J connectivity index is 1.57. The summed E-state index contributed by atoms with van der Waals surface area (Å²) in [5.74, 6) is 1.11. The summed E-state index contributed by atoms with van der Waals surface area (Å²) in [6.45, 7) is 4.18. The molecular formula is C21H20O6. The van der Waals surface area contributed by atoms with E-state index in [9.17, 15) is 9.59 Å². The van der Waals surface area contributed by atoms with Crippen LogP contribution in [0.15, 0.2) is 48.5 Å². The van der Waals surface area contributed by atoms with E-state index in [1.54, 1.807) is 55.5 Å². The Morgan fingerprint density at radius 2 is 1.85 bits per heavy atom. The second-order valence-electron chi connectivity index (χ2n) is 5.85. The molecule has 0 aliphatic carbocycles. The van der Waals surface area contributed by atoms with E-state index in [1.165, 1.54) is 6.08 Å². The average molecular weight is 368 g/mol. The maximum Gasteiger partial charge on any atom is 0.331 e. The molecule has 1 aliphatic rings. The molecule has 0 fully saturated rings. The standard InChI is InChI=1S/C21H20O6/c1-3-24-17-8-6-16(7-9-17)21(23)14(2)27-20(22)11-5-15-4-10-18-19(12-15)26-13-25-18/h4-12,14H,3,13H2,1-2H3/b11-5+/t14-/m0/s1. The zero-order valence-corrected chi connectivity index (χ0v) is 15.1. The fraction of sp³-hybridized carbons (Fsp3) is 0.238. The highest BCUT2D eigenvalue weighted by atomic mass is 16.7. The van der Waals surface area contributed by atoms with Crippen LogP contribution in [0.4, 0.5) is 0 Å². The van der Waals surface area contributed by atoms with E-state index < -0.39 is 12.1 Å². The SMILES string of the molecule is CCOc1ccc(C(=O)[C@H](C)OC(=O)/C=C/c2ccc3c(c2)OCO3)cc1. The van der Waals surface area contributed by atoms with Gasteiger partial charge in [0.15, 0.2) is 17.6 Å². The lowest BCUT2D eigenvalue weighted by Gasteiger charge is -2.11. The fourth-order valence-electron chi connectivity index (χ4n) is 2.56. The van der Waals surface area contributed by atoms with Crippen LogP contribution < -0.4 is 14.2 Å². The normalized spacial score (nSPS) is 13.4. The van der Waals surface area contributed by atoms with Crippen LogP contribution in [0.25, 0.3) is 6.08 Å². The van der Waals surface area contributed by atoms with E-state index in [1.807, 2.05) is 6.92 Å². The Morgan fingerprint density at radius 3 is 2.59 bits per heavy atom. The van der Waals surface area contributed by atoms with Crippen molar-refractivity contribution in [1.82, 2.24) is 0 Å². The molecule has 1 heterocycles. The Hall–Kier alpha value is -3.28. The molecule has 0 saturated heterocycles. The Bertz CT molecular complexity index is 853. The van der Waals surface area contributed by atoms with Crippen molar-refractivity contribution >= 4 is 17.8 Å². The van der Waals surface area contributed by atoms with Gasteiger partial charge >= 0.3 is 5.97 Å². The van der Waals surface area contributed by atoms with E-state index in [4.69, 9.17) is 18.9 Å². The molecular weight excluding hydrogens is 348 g/mol. The number of rotatable bonds is 7. The molecule has 0 bridgehead atoms. The second-order valence-corrected chi connectivity index (χ2v) is 5.85. The summed E-state index contributed by atoms with van der Waals surface area (Å²) in [6, 6.07) is 12.1. The van der Waals surface area contributed by atoms with Gasteiger partial charge in [-0.1, -0.05) is 6.07 Å². The third kappa shape index (κ3) is 4.67. The molecule has 0 saturated carbocycles. The van der Waals surface area contributed by atoms with Gasteiger partial charge in [-0.3, -0.25) is 4.79 Å². The maximum atomic E-state index is 12.4. The van der Waals surface area contributed by atoms with Crippen molar-refractivity contribution in [2.45, 2.75) is 20.0 Å². The summed E-state index contributed by atoms with van der Waals surface area (Å²) in [5, 5.41) is 0. The van der Waals surface area contributed by atoms with Gasteiger partial charge in [-0.15, -0.1) is 0 Å². The Kier molecular flexibility index (Phi) is 5.76. The monoisotopic (exact) mass is 368 g/mol. The van der Waals surface area contributed by atoms with Crippen molar-refractivity contribution in [2.24, 2.45) is 0 Å². The van der Waals surface area contributed by atoms with Crippen LogP contribution in [0.5, 0.6) is 17.2 Å². The lowest BCUT2D eigenvalue weighted by Crippen LogP contribution is -2.23. The number of Topliss-reactive ketones (excluding diaryl/α,β-unsaturated/α-hetero) is 1. The van der Waals surface area contributed by atoms with Gasteiger partial charge in [-0.05, 0) is 61.9 Å². The first-order valence-electron chi connectivity index (χ1n) is 8.62. The molecule has 0 spiro atoms.